The fourth-order valence-corrected chi connectivity index (χ4v) is 4.22. The molecule has 0 aliphatic rings. The average molecular weight is 461 g/mol. The number of aliphatic hydroxyl groups is 1. The number of hydrogen-bond acceptors (Lipinski definition) is 7. The van der Waals surface area contributed by atoms with Crippen LogP contribution in [0.4, 0.5) is 20.5 Å². The molecule has 0 amide bonds. The van der Waals surface area contributed by atoms with Crippen LogP contribution in [-0.4, -0.2) is 42.4 Å². The van der Waals surface area contributed by atoms with Crippen molar-refractivity contribution in [2.45, 2.75) is 43.5 Å². The third kappa shape index (κ3) is 7.37. The highest BCUT2D eigenvalue weighted by molar-refractivity contribution is 7.99. The van der Waals surface area contributed by atoms with Crippen LogP contribution >= 0.6 is 11.8 Å². The van der Waals surface area contributed by atoms with Crippen molar-refractivity contribution in [2.24, 2.45) is 5.92 Å². The first-order chi connectivity index (χ1) is 14.0. The first-order valence-electron chi connectivity index (χ1n) is 9.33. The van der Waals surface area contributed by atoms with Gasteiger partial charge in [-0.2, -0.15) is 4.98 Å². The maximum absolute atomic E-state index is 14.1. The molecule has 0 radical (unpaired) electrons. The number of thioether (sulfide) groups is 1. The maximum atomic E-state index is 14.1. The van der Waals surface area contributed by atoms with Crippen LogP contribution in [0.2, 0.25) is 0 Å². The zero-order valence-corrected chi connectivity index (χ0v) is 18.8. The molecule has 0 unspecified atom stereocenters. The molecule has 166 valence electrons. The van der Waals surface area contributed by atoms with E-state index in [4.69, 9.17) is 0 Å². The molecule has 0 aliphatic heterocycles. The van der Waals surface area contributed by atoms with Gasteiger partial charge in [0.05, 0.1) is 18.9 Å². The minimum absolute atomic E-state index is 0.135. The number of aromatic nitrogens is 2. The molecular weight excluding hydrogens is 434 g/mol. The highest BCUT2D eigenvalue weighted by Gasteiger charge is 2.19. The van der Waals surface area contributed by atoms with Gasteiger partial charge in [-0.05, 0) is 25.3 Å². The van der Waals surface area contributed by atoms with E-state index in [1.165, 1.54) is 12.1 Å². The van der Waals surface area contributed by atoms with Gasteiger partial charge in [0.15, 0.2) is 11.6 Å². The third-order valence-electron chi connectivity index (χ3n) is 4.02. The fourth-order valence-electron chi connectivity index (χ4n) is 2.81. The molecule has 30 heavy (non-hydrogen) atoms. The largest absolute Gasteiger partial charge is 0.394 e. The summed E-state index contributed by atoms with van der Waals surface area (Å²) in [5, 5.41) is 12.5. The Morgan fingerprint density at radius 2 is 1.90 bits per heavy atom. The SMILES string of the molecule is CC(C)C[C@H](CO)Nc1cc(S[C@H](C)c2cccc(F)c2F)nc(NS(C)(=O)=O)n1. The highest BCUT2D eigenvalue weighted by Crippen LogP contribution is 2.36. The Labute approximate surface area is 179 Å². The van der Waals surface area contributed by atoms with Gasteiger partial charge < -0.3 is 10.4 Å². The quantitative estimate of drug-likeness (QED) is 0.366. The molecule has 1 aromatic carbocycles. The van der Waals surface area contributed by atoms with Gasteiger partial charge in [-0.25, -0.2) is 22.2 Å². The maximum Gasteiger partial charge on any atom is 0.239 e. The molecule has 3 N–H and O–H groups in total. The van der Waals surface area contributed by atoms with E-state index >= 15 is 0 Å². The van der Waals surface area contributed by atoms with Crippen LogP contribution in [0.1, 0.15) is 38.0 Å². The Bertz CT molecular complexity index is 974. The predicted octanol–water partition coefficient (Wildman–Crippen LogP) is 3.80. The van der Waals surface area contributed by atoms with Gasteiger partial charge in [-0.3, -0.25) is 4.72 Å². The van der Waals surface area contributed by atoms with E-state index in [9.17, 15) is 22.3 Å². The first kappa shape index (κ1) is 24.3. The molecule has 11 heteroatoms. The van der Waals surface area contributed by atoms with E-state index in [-0.39, 0.29) is 24.2 Å². The smallest absolute Gasteiger partial charge is 0.239 e. The number of benzene rings is 1. The Morgan fingerprint density at radius 1 is 1.20 bits per heavy atom. The number of hydrogen-bond donors (Lipinski definition) is 3. The zero-order chi connectivity index (χ0) is 22.5. The topological polar surface area (TPSA) is 104 Å². The van der Waals surface area contributed by atoms with Crippen molar-refractivity contribution in [3.05, 3.63) is 41.5 Å². The number of halogens is 2. The second kappa shape index (κ2) is 10.4. The lowest BCUT2D eigenvalue weighted by Gasteiger charge is -2.20. The first-order valence-corrected chi connectivity index (χ1v) is 12.1. The normalized spacial score (nSPS) is 13.9. The van der Waals surface area contributed by atoms with Crippen LogP contribution in [0.25, 0.3) is 0 Å². The second-order valence-electron chi connectivity index (χ2n) is 7.35. The zero-order valence-electron chi connectivity index (χ0n) is 17.2. The molecule has 1 heterocycles. The molecule has 0 saturated heterocycles. The molecule has 2 rings (SSSR count). The Morgan fingerprint density at radius 3 is 2.50 bits per heavy atom. The number of sulfonamides is 1. The van der Waals surface area contributed by atoms with Gasteiger partial charge in [0.2, 0.25) is 16.0 Å². The van der Waals surface area contributed by atoms with Gasteiger partial charge in [0.1, 0.15) is 10.8 Å². The lowest BCUT2D eigenvalue weighted by Crippen LogP contribution is -2.26. The van der Waals surface area contributed by atoms with Gasteiger partial charge in [-0.1, -0.05) is 37.7 Å². The number of nitrogens with one attached hydrogen (secondary N) is 2. The lowest BCUT2D eigenvalue weighted by molar-refractivity contribution is 0.259. The molecule has 0 bridgehead atoms. The summed E-state index contributed by atoms with van der Waals surface area (Å²) in [7, 11) is -3.63. The predicted molar refractivity (Wildman–Crippen MR) is 115 cm³/mol. The summed E-state index contributed by atoms with van der Waals surface area (Å²) in [6, 6.07) is 5.24. The van der Waals surface area contributed by atoms with E-state index in [2.05, 4.69) is 20.0 Å². The van der Waals surface area contributed by atoms with Crippen molar-refractivity contribution in [1.82, 2.24) is 9.97 Å². The van der Waals surface area contributed by atoms with E-state index in [0.29, 0.717) is 23.2 Å². The summed E-state index contributed by atoms with van der Waals surface area (Å²) in [5.41, 5.74) is 0.166. The summed E-state index contributed by atoms with van der Waals surface area (Å²) in [6.45, 7) is 5.58. The van der Waals surface area contributed by atoms with Crippen molar-refractivity contribution in [1.29, 1.82) is 0 Å². The van der Waals surface area contributed by atoms with Crippen molar-refractivity contribution < 1.29 is 22.3 Å². The van der Waals surface area contributed by atoms with Gasteiger partial charge >= 0.3 is 0 Å². The molecule has 0 saturated carbocycles. The van der Waals surface area contributed by atoms with E-state index in [0.717, 1.165) is 24.1 Å². The Hall–Kier alpha value is -1.98. The van der Waals surface area contributed by atoms with E-state index in [1.54, 1.807) is 13.0 Å². The van der Waals surface area contributed by atoms with E-state index < -0.39 is 26.9 Å². The molecule has 7 nitrogen and oxygen atoms in total. The summed E-state index contributed by atoms with van der Waals surface area (Å²) >= 11 is 1.13. The Balaban J connectivity index is 2.34. The Kier molecular flexibility index (Phi) is 8.39. The molecular formula is C19H26F2N4O3S2. The minimum Gasteiger partial charge on any atom is -0.394 e. The van der Waals surface area contributed by atoms with Crippen molar-refractivity contribution in [3.63, 3.8) is 0 Å². The van der Waals surface area contributed by atoms with Crippen LogP contribution in [-0.2, 0) is 10.0 Å². The lowest BCUT2D eigenvalue weighted by atomic mass is 10.0. The summed E-state index contributed by atoms with van der Waals surface area (Å²) in [6.07, 6.45) is 1.64. The van der Waals surface area contributed by atoms with Crippen LogP contribution in [0.5, 0.6) is 0 Å². The average Bonchev–Trinajstić information content (AvgIpc) is 2.61. The van der Waals surface area contributed by atoms with Crippen LogP contribution in [0, 0.1) is 17.6 Å². The van der Waals surface area contributed by atoms with Gasteiger partial charge in [0.25, 0.3) is 0 Å². The number of anilines is 2. The standard InChI is InChI=1S/C19H26F2N4O3S2/c1-11(2)8-13(10-26)22-16-9-17(24-19(23-16)25-30(4,27)28)29-12(3)14-6-5-7-15(20)18(14)21/h5-7,9,11-13,26H,8,10H2,1-4H3,(H2,22,23,24,25)/t12-,13-/m1/s1. The monoisotopic (exact) mass is 460 g/mol. The van der Waals surface area contributed by atoms with Crippen LogP contribution in [0.15, 0.2) is 29.3 Å². The summed E-state index contributed by atoms with van der Waals surface area (Å²) < 4.78 is 53.2. The minimum atomic E-state index is -3.63. The number of aliphatic hydroxyl groups excluding tert-OH is 1. The van der Waals surface area contributed by atoms with Crippen molar-refractivity contribution in [3.8, 4) is 0 Å². The molecule has 2 atom stereocenters. The van der Waals surface area contributed by atoms with Crippen LogP contribution in [0.3, 0.4) is 0 Å². The third-order valence-corrected chi connectivity index (χ3v) is 5.64. The van der Waals surface area contributed by atoms with Gasteiger partial charge in [0, 0.05) is 16.9 Å². The number of rotatable bonds is 10. The number of nitrogens with zero attached hydrogens (tertiary/aromatic N) is 2. The highest BCUT2D eigenvalue weighted by atomic mass is 32.2. The summed E-state index contributed by atoms with van der Waals surface area (Å²) in [5.74, 6) is -1.40. The molecule has 2 aromatic rings. The van der Waals surface area contributed by atoms with Gasteiger partial charge in [-0.15, -0.1) is 0 Å². The molecule has 0 spiro atoms. The van der Waals surface area contributed by atoms with Crippen molar-refractivity contribution in [2.75, 3.05) is 22.9 Å². The second-order valence-corrected chi connectivity index (χ2v) is 10.5. The summed E-state index contributed by atoms with van der Waals surface area (Å²) in [4.78, 5) is 8.33. The molecule has 0 fully saturated rings. The molecule has 1 aromatic heterocycles. The fraction of sp³-hybridized carbons (Fsp3) is 0.474. The molecule has 0 aliphatic carbocycles. The van der Waals surface area contributed by atoms with E-state index in [1.807, 2.05) is 13.8 Å². The van der Waals surface area contributed by atoms with Crippen molar-refractivity contribution >= 4 is 33.6 Å². The van der Waals surface area contributed by atoms with Crippen LogP contribution < -0.4 is 10.0 Å².